The SMILES string of the molecule is CNC(c1cc(C)cc(F)c1)C1CCCc2cccnc21. The topological polar surface area (TPSA) is 24.9 Å². The molecule has 1 aliphatic rings. The number of nitrogens with zero attached hydrogens (tertiary/aromatic N) is 1. The average molecular weight is 284 g/mol. The van der Waals surface area contributed by atoms with Crippen LogP contribution in [0.4, 0.5) is 4.39 Å². The number of fused-ring (bicyclic) bond motifs is 1. The van der Waals surface area contributed by atoms with Crippen LogP contribution >= 0.6 is 0 Å². The van der Waals surface area contributed by atoms with Crippen molar-refractivity contribution in [1.29, 1.82) is 0 Å². The first-order valence-corrected chi connectivity index (χ1v) is 7.57. The van der Waals surface area contributed by atoms with E-state index in [1.54, 1.807) is 12.1 Å². The number of nitrogens with one attached hydrogen (secondary N) is 1. The van der Waals surface area contributed by atoms with E-state index in [0.717, 1.165) is 30.4 Å². The van der Waals surface area contributed by atoms with Gasteiger partial charge in [-0.25, -0.2) is 4.39 Å². The van der Waals surface area contributed by atoms with Crippen LogP contribution in [0.2, 0.25) is 0 Å². The minimum Gasteiger partial charge on any atom is -0.312 e. The Kier molecular flexibility index (Phi) is 4.02. The predicted molar refractivity (Wildman–Crippen MR) is 82.9 cm³/mol. The monoisotopic (exact) mass is 284 g/mol. The van der Waals surface area contributed by atoms with Gasteiger partial charge in [-0.15, -0.1) is 0 Å². The van der Waals surface area contributed by atoms with E-state index in [1.807, 2.05) is 26.2 Å². The second-order valence-electron chi connectivity index (χ2n) is 5.87. The quantitative estimate of drug-likeness (QED) is 0.924. The van der Waals surface area contributed by atoms with Crippen LogP contribution in [0.5, 0.6) is 0 Å². The second kappa shape index (κ2) is 5.94. The molecule has 0 bridgehead atoms. The maximum atomic E-state index is 13.7. The summed E-state index contributed by atoms with van der Waals surface area (Å²) in [5.41, 5.74) is 4.48. The van der Waals surface area contributed by atoms with Crippen molar-refractivity contribution in [3.63, 3.8) is 0 Å². The summed E-state index contributed by atoms with van der Waals surface area (Å²) in [6.45, 7) is 1.94. The summed E-state index contributed by atoms with van der Waals surface area (Å²) in [6.07, 6.45) is 5.21. The molecule has 110 valence electrons. The lowest BCUT2D eigenvalue weighted by Crippen LogP contribution is -2.27. The van der Waals surface area contributed by atoms with Crippen LogP contribution in [-0.4, -0.2) is 12.0 Å². The van der Waals surface area contributed by atoms with Crippen molar-refractivity contribution in [3.05, 3.63) is 64.7 Å². The Bertz CT molecular complexity index is 619. The molecule has 0 amide bonds. The lowest BCUT2D eigenvalue weighted by molar-refractivity contribution is 0.414. The highest BCUT2D eigenvalue weighted by Crippen LogP contribution is 2.39. The Balaban J connectivity index is 2.01. The van der Waals surface area contributed by atoms with Crippen molar-refractivity contribution in [3.8, 4) is 0 Å². The number of hydrogen-bond acceptors (Lipinski definition) is 2. The largest absolute Gasteiger partial charge is 0.312 e. The Hall–Kier alpha value is -1.74. The molecule has 1 aromatic carbocycles. The van der Waals surface area contributed by atoms with Gasteiger partial charge in [0, 0.05) is 23.9 Å². The molecule has 2 atom stereocenters. The van der Waals surface area contributed by atoms with Crippen LogP contribution in [0, 0.1) is 12.7 Å². The maximum absolute atomic E-state index is 13.7. The van der Waals surface area contributed by atoms with Crippen molar-refractivity contribution < 1.29 is 4.39 Å². The third kappa shape index (κ3) is 2.84. The van der Waals surface area contributed by atoms with Gasteiger partial charge >= 0.3 is 0 Å². The van der Waals surface area contributed by atoms with Crippen molar-refractivity contribution in [2.45, 2.75) is 38.1 Å². The Morgan fingerprint density at radius 1 is 1.33 bits per heavy atom. The summed E-state index contributed by atoms with van der Waals surface area (Å²) < 4.78 is 13.7. The lowest BCUT2D eigenvalue weighted by Gasteiger charge is -2.31. The molecule has 0 saturated heterocycles. The number of likely N-dealkylation sites (N-methyl/N-ethyl adjacent to an activating group) is 1. The summed E-state index contributed by atoms with van der Waals surface area (Å²) in [5, 5.41) is 3.38. The van der Waals surface area contributed by atoms with Crippen molar-refractivity contribution in [1.82, 2.24) is 10.3 Å². The smallest absolute Gasteiger partial charge is 0.123 e. The van der Waals surface area contributed by atoms with Gasteiger partial charge in [0.15, 0.2) is 0 Å². The fourth-order valence-corrected chi connectivity index (χ4v) is 3.51. The van der Waals surface area contributed by atoms with Crippen LogP contribution in [-0.2, 0) is 6.42 Å². The first-order chi connectivity index (χ1) is 10.2. The van der Waals surface area contributed by atoms with Crippen molar-refractivity contribution in [2.24, 2.45) is 0 Å². The molecule has 21 heavy (non-hydrogen) atoms. The Labute approximate surface area is 125 Å². The minimum absolute atomic E-state index is 0.105. The van der Waals surface area contributed by atoms with Crippen molar-refractivity contribution >= 4 is 0 Å². The lowest BCUT2D eigenvalue weighted by atomic mass is 9.79. The van der Waals surface area contributed by atoms with Gasteiger partial charge in [0.2, 0.25) is 0 Å². The number of aromatic nitrogens is 1. The van der Waals surface area contributed by atoms with E-state index in [9.17, 15) is 4.39 Å². The standard InChI is InChI=1S/C18H21FN2/c1-12-9-14(11-15(19)10-12)17(20-2)16-7-3-5-13-6-4-8-21-18(13)16/h4,6,8-11,16-17,20H,3,5,7H2,1-2H3. The van der Waals surface area contributed by atoms with Gasteiger partial charge in [-0.2, -0.15) is 0 Å². The number of halogens is 1. The van der Waals surface area contributed by atoms with E-state index < -0.39 is 0 Å². The molecule has 0 radical (unpaired) electrons. The maximum Gasteiger partial charge on any atom is 0.123 e. The summed E-state index contributed by atoms with van der Waals surface area (Å²) in [7, 11) is 1.95. The number of hydrogen-bond donors (Lipinski definition) is 1. The minimum atomic E-state index is -0.165. The molecule has 2 unspecified atom stereocenters. The van der Waals surface area contributed by atoms with Crippen LogP contribution in [0.1, 0.15) is 47.2 Å². The third-order valence-corrected chi connectivity index (χ3v) is 4.38. The molecule has 0 fully saturated rings. The van der Waals surface area contributed by atoms with E-state index in [-0.39, 0.29) is 11.9 Å². The fourth-order valence-electron chi connectivity index (χ4n) is 3.51. The van der Waals surface area contributed by atoms with Gasteiger partial charge in [0.1, 0.15) is 5.82 Å². The first kappa shape index (κ1) is 14.2. The van der Waals surface area contributed by atoms with E-state index in [2.05, 4.69) is 22.4 Å². The zero-order valence-corrected chi connectivity index (χ0v) is 12.6. The Morgan fingerprint density at radius 2 is 2.19 bits per heavy atom. The molecule has 1 aromatic heterocycles. The van der Waals surface area contributed by atoms with Gasteiger partial charge in [-0.3, -0.25) is 4.98 Å². The molecule has 1 heterocycles. The molecule has 0 spiro atoms. The average Bonchev–Trinajstić information content (AvgIpc) is 2.47. The van der Waals surface area contributed by atoms with Crippen LogP contribution in [0.15, 0.2) is 36.5 Å². The zero-order valence-electron chi connectivity index (χ0n) is 12.6. The first-order valence-electron chi connectivity index (χ1n) is 7.57. The number of pyridine rings is 1. The van der Waals surface area contributed by atoms with Crippen molar-refractivity contribution in [2.75, 3.05) is 7.05 Å². The molecule has 3 rings (SSSR count). The number of aryl methyl sites for hydroxylation is 2. The highest BCUT2D eigenvalue weighted by molar-refractivity contribution is 5.33. The van der Waals surface area contributed by atoms with Crippen LogP contribution in [0.25, 0.3) is 0 Å². The molecule has 2 aromatic rings. The fraction of sp³-hybridized carbons (Fsp3) is 0.389. The normalized spacial score (nSPS) is 19.1. The zero-order chi connectivity index (χ0) is 14.8. The van der Waals surface area contributed by atoms with Gasteiger partial charge in [-0.05, 0) is 68.1 Å². The summed E-state index contributed by atoms with van der Waals surface area (Å²) in [4.78, 5) is 4.61. The predicted octanol–water partition coefficient (Wildman–Crippen LogP) is 3.91. The number of benzene rings is 1. The molecular weight excluding hydrogens is 263 g/mol. The van der Waals surface area contributed by atoms with E-state index in [1.165, 1.54) is 11.3 Å². The van der Waals surface area contributed by atoms with E-state index in [4.69, 9.17) is 0 Å². The third-order valence-electron chi connectivity index (χ3n) is 4.38. The van der Waals surface area contributed by atoms with Gasteiger partial charge in [0.25, 0.3) is 0 Å². The molecule has 3 heteroatoms. The summed E-state index contributed by atoms with van der Waals surface area (Å²) >= 11 is 0. The van der Waals surface area contributed by atoms with Gasteiger partial charge in [-0.1, -0.05) is 12.1 Å². The highest BCUT2D eigenvalue weighted by Gasteiger charge is 2.29. The van der Waals surface area contributed by atoms with E-state index in [0.29, 0.717) is 5.92 Å². The highest BCUT2D eigenvalue weighted by atomic mass is 19.1. The molecule has 0 aliphatic heterocycles. The van der Waals surface area contributed by atoms with E-state index >= 15 is 0 Å². The molecule has 2 nitrogen and oxygen atoms in total. The van der Waals surface area contributed by atoms with Crippen LogP contribution < -0.4 is 5.32 Å². The Morgan fingerprint density at radius 3 is 2.95 bits per heavy atom. The second-order valence-corrected chi connectivity index (χ2v) is 5.87. The molecule has 1 N–H and O–H groups in total. The molecule has 1 aliphatic carbocycles. The molecule has 0 saturated carbocycles. The van der Waals surface area contributed by atoms with Gasteiger partial charge < -0.3 is 5.32 Å². The number of rotatable bonds is 3. The van der Waals surface area contributed by atoms with Gasteiger partial charge in [0.05, 0.1) is 0 Å². The molecular formula is C18H21FN2. The van der Waals surface area contributed by atoms with Crippen LogP contribution in [0.3, 0.4) is 0 Å². The summed E-state index contributed by atoms with van der Waals surface area (Å²) in [6, 6.07) is 9.56. The summed E-state index contributed by atoms with van der Waals surface area (Å²) in [5.74, 6) is 0.142.